The van der Waals surface area contributed by atoms with Crippen molar-refractivity contribution >= 4 is 23.0 Å². The van der Waals surface area contributed by atoms with Crippen molar-refractivity contribution in [2.75, 3.05) is 12.0 Å². The van der Waals surface area contributed by atoms with E-state index in [0.29, 0.717) is 5.11 Å². The number of nitrogens with one attached hydrogen (secondary N) is 1. The molecule has 3 heterocycles. The summed E-state index contributed by atoms with van der Waals surface area (Å²) in [6.07, 6.45) is 1.83. The maximum absolute atomic E-state index is 6.04. The van der Waals surface area contributed by atoms with E-state index in [2.05, 4.69) is 65.0 Å². The molecule has 3 aromatic carbocycles. The summed E-state index contributed by atoms with van der Waals surface area (Å²) in [7, 11) is 1.69. The van der Waals surface area contributed by atoms with Crippen LogP contribution in [0, 0.1) is 13.8 Å². The van der Waals surface area contributed by atoms with Crippen molar-refractivity contribution in [3.63, 3.8) is 0 Å². The Morgan fingerprint density at radius 3 is 2.23 bits per heavy atom. The Kier molecular flexibility index (Phi) is 6.97. The molecular formula is C33H30N4O2S. The highest BCUT2D eigenvalue weighted by molar-refractivity contribution is 7.80. The van der Waals surface area contributed by atoms with Crippen molar-refractivity contribution in [1.82, 2.24) is 14.9 Å². The van der Waals surface area contributed by atoms with Crippen molar-refractivity contribution in [2.45, 2.75) is 25.9 Å². The molecule has 0 saturated carbocycles. The lowest BCUT2D eigenvalue weighted by Gasteiger charge is -2.28. The lowest BCUT2D eigenvalue weighted by molar-refractivity contribution is 0.414. The second-order valence-electron chi connectivity index (χ2n) is 9.77. The molecule has 1 fully saturated rings. The highest BCUT2D eigenvalue weighted by Gasteiger charge is 2.42. The number of para-hydroxylation sites is 1. The minimum absolute atomic E-state index is 0.117. The zero-order valence-corrected chi connectivity index (χ0v) is 23.4. The van der Waals surface area contributed by atoms with Crippen LogP contribution in [0.15, 0.2) is 109 Å². The van der Waals surface area contributed by atoms with Crippen LogP contribution in [0.2, 0.25) is 0 Å². The van der Waals surface area contributed by atoms with Crippen LogP contribution < -0.4 is 19.7 Å². The van der Waals surface area contributed by atoms with Crippen LogP contribution in [0.1, 0.15) is 34.7 Å². The number of hydrogen-bond donors (Lipinski definition) is 1. The number of anilines is 1. The molecule has 1 aliphatic rings. The fourth-order valence-corrected chi connectivity index (χ4v) is 5.83. The molecule has 1 saturated heterocycles. The van der Waals surface area contributed by atoms with Crippen molar-refractivity contribution in [3.05, 3.63) is 132 Å². The fraction of sp³-hybridized carbons (Fsp3) is 0.152. The molecule has 0 amide bonds. The number of pyridine rings is 1. The zero-order chi connectivity index (χ0) is 27.6. The summed E-state index contributed by atoms with van der Waals surface area (Å²) >= 11 is 5.96. The van der Waals surface area contributed by atoms with E-state index in [9.17, 15) is 0 Å². The van der Waals surface area contributed by atoms with E-state index in [-0.39, 0.29) is 12.1 Å². The van der Waals surface area contributed by atoms with E-state index in [1.165, 1.54) is 5.56 Å². The van der Waals surface area contributed by atoms with Gasteiger partial charge in [0.15, 0.2) is 5.11 Å². The number of hydrogen-bond acceptors (Lipinski definition) is 4. The second kappa shape index (κ2) is 10.9. The monoisotopic (exact) mass is 546 g/mol. The molecule has 0 bridgehead atoms. The van der Waals surface area contributed by atoms with Crippen LogP contribution in [0.4, 0.5) is 5.69 Å². The molecule has 0 radical (unpaired) electrons. The standard InChI is InChI=1S/C33H30N4O2S/c1-22-20-29(23(2)36(22)25-10-9-13-28(21-25)38-3)32-31(30-14-7-8-19-34-30)35-33(40)37(32)24-15-17-27(18-16-24)39-26-11-5-4-6-12-26/h4-21,31-32H,1-3H3,(H,35,40)/t31-,32-/m0/s1. The van der Waals surface area contributed by atoms with Gasteiger partial charge in [0.2, 0.25) is 0 Å². The molecule has 1 aliphatic heterocycles. The SMILES string of the molecule is COc1cccc(-n2c(C)cc([C@H]3[C@H](c4ccccn4)NC(=S)N3c3ccc(Oc4ccccc4)cc3)c2C)c1. The number of rotatable bonds is 7. The van der Waals surface area contributed by atoms with E-state index in [4.69, 9.17) is 26.7 Å². The lowest BCUT2D eigenvalue weighted by Crippen LogP contribution is -2.29. The molecule has 200 valence electrons. The van der Waals surface area contributed by atoms with E-state index in [1.807, 2.05) is 72.9 Å². The Balaban J connectivity index is 1.42. The molecule has 1 N–H and O–H groups in total. The Hall–Kier alpha value is -4.62. The molecule has 5 aromatic rings. The number of nitrogens with zero attached hydrogens (tertiary/aromatic N) is 3. The van der Waals surface area contributed by atoms with Gasteiger partial charge in [-0.25, -0.2) is 0 Å². The van der Waals surface area contributed by atoms with Gasteiger partial charge in [-0.05, 0) is 98.4 Å². The molecular weight excluding hydrogens is 516 g/mol. The highest BCUT2D eigenvalue weighted by atomic mass is 32.1. The fourth-order valence-electron chi connectivity index (χ4n) is 5.48. The van der Waals surface area contributed by atoms with Crippen LogP contribution in [0.3, 0.4) is 0 Å². The predicted molar refractivity (Wildman–Crippen MR) is 163 cm³/mol. The van der Waals surface area contributed by atoms with Gasteiger partial charge in [0, 0.05) is 35.0 Å². The van der Waals surface area contributed by atoms with Crippen molar-refractivity contribution in [2.24, 2.45) is 0 Å². The van der Waals surface area contributed by atoms with Crippen LogP contribution in [0.5, 0.6) is 17.2 Å². The number of ether oxygens (including phenoxy) is 2. The average Bonchev–Trinajstić information content (AvgIpc) is 3.49. The van der Waals surface area contributed by atoms with Gasteiger partial charge in [0.05, 0.1) is 24.9 Å². The lowest BCUT2D eigenvalue weighted by atomic mass is 9.96. The van der Waals surface area contributed by atoms with Gasteiger partial charge in [-0.2, -0.15) is 0 Å². The van der Waals surface area contributed by atoms with Crippen molar-refractivity contribution in [1.29, 1.82) is 0 Å². The zero-order valence-electron chi connectivity index (χ0n) is 22.6. The van der Waals surface area contributed by atoms with Crippen LogP contribution >= 0.6 is 12.2 Å². The molecule has 6 rings (SSSR count). The number of aryl methyl sites for hydroxylation is 1. The first-order chi connectivity index (χ1) is 19.5. The largest absolute Gasteiger partial charge is 0.497 e. The van der Waals surface area contributed by atoms with E-state index in [0.717, 1.165) is 45.7 Å². The van der Waals surface area contributed by atoms with Crippen molar-refractivity contribution < 1.29 is 9.47 Å². The summed E-state index contributed by atoms with van der Waals surface area (Å²) in [4.78, 5) is 6.90. The second-order valence-corrected chi connectivity index (χ2v) is 10.2. The van der Waals surface area contributed by atoms with E-state index < -0.39 is 0 Å². The molecule has 7 heteroatoms. The van der Waals surface area contributed by atoms with Gasteiger partial charge >= 0.3 is 0 Å². The summed E-state index contributed by atoms with van der Waals surface area (Å²) in [5, 5.41) is 4.23. The van der Waals surface area contributed by atoms with Gasteiger partial charge in [-0.3, -0.25) is 4.98 Å². The van der Waals surface area contributed by atoms with Gasteiger partial charge < -0.3 is 24.3 Å². The summed E-state index contributed by atoms with van der Waals surface area (Å²) < 4.78 is 13.8. The third-order valence-electron chi connectivity index (χ3n) is 7.29. The Bertz CT molecular complexity index is 1630. The number of aromatic nitrogens is 2. The molecule has 40 heavy (non-hydrogen) atoms. The van der Waals surface area contributed by atoms with Gasteiger partial charge in [0.25, 0.3) is 0 Å². The number of thiocarbonyl (C=S) groups is 1. The third-order valence-corrected chi connectivity index (χ3v) is 7.61. The predicted octanol–water partition coefficient (Wildman–Crippen LogP) is 7.47. The minimum atomic E-state index is -0.131. The first-order valence-electron chi connectivity index (χ1n) is 13.2. The van der Waals surface area contributed by atoms with Crippen molar-refractivity contribution in [3.8, 4) is 22.9 Å². The summed E-state index contributed by atoms with van der Waals surface area (Å²) in [5.41, 5.74) is 6.41. The normalized spacial score (nSPS) is 16.6. The Morgan fingerprint density at radius 2 is 1.50 bits per heavy atom. The number of benzene rings is 3. The van der Waals surface area contributed by atoms with Gasteiger partial charge in [0.1, 0.15) is 17.2 Å². The van der Waals surface area contributed by atoms with E-state index >= 15 is 0 Å². The molecule has 0 unspecified atom stereocenters. The minimum Gasteiger partial charge on any atom is -0.497 e. The molecule has 2 aromatic heterocycles. The Morgan fingerprint density at radius 1 is 0.775 bits per heavy atom. The molecule has 0 aliphatic carbocycles. The topological polar surface area (TPSA) is 51.5 Å². The quantitative estimate of drug-likeness (QED) is 0.214. The Labute approximate surface area is 239 Å². The summed E-state index contributed by atoms with van der Waals surface area (Å²) in [5.74, 6) is 2.38. The van der Waals surface area contributed by atoms with E-state index in [1.54, 1.807) is 7.11 Å². The number of methoxy groups -OCH3 is 1. The maximum Gasteiger partial charge on any atom is 0.174 e. The van der Waals surface area contributed by atoms with Gasteiger partial charge in [-0.1, -0.05) is 30.3 Å². The molecule has 6 nitrogen and oxygen atoms in total. The average molecular weight is 547 g/mol. The first-order valence-corrected chi connectivity index (χ1v) is 13.6. The first kappa shape index (κ1) is 25.6. The van der Waals surface area contributed by atoms with Crippen LogP contribution in [-0.2, 0) is 0 Å². The summed E-state index contributed by atoms with van der Waals surface area (Å²) in [6, 6.07) is 34.0. The summed E-state index contributed by atoms with van der Waals surface area (Å²) in [6.45, 7) is 4.29. The third kappa shape index (κ3) is 4.80. The smallest absolute Gasteiger partial charge is 0.174 e. The molecule has 2 atom stereocenters. The van der Waals surface area contributed by atoms with Crippen LogP contribution in [0.25, 0.3) is 5.69 Å². The maximum atomic E-state index is 6.04. The highest BCUT2D eigenvalue weighted by Crippen LogP contribution is 2.44. The van der Waals surface area contributed by atoms with Crippen LogP contribution in [-0.4, -0.2) is 21.8 Å². The van der Waals surface area contributed by atoms with Gasteiger partial charge in [-0.15, -0.1) is 0 Å². The molecule has 0 spiro atoms.